The fourth-order valence-electron chi connectivity index (χ4n) is 3.96. The van der Waals surface area contributed by atoms with E-state index in [1.165, 1.54) is 9.58 Å². The highest BCUT2D eigenvalue weighted by atomic mass is 16.3. The first kappa shape index (κ1) is 20.0. The Labute approximate surface area is 173 Å². The van der Waals surface area contributed by atoms with Gasteiger partial charge in [0.2, 0.25) is 0 Å². The number of aliphatic hydroxyl groups is 2. The van der Waals surface area contributed by atoms with Crippen LogP contribution in [-0.2, 0) is 10.4 Å². The van der Waals surface area contributed by atoms with Crippen LogP contribution in [0.15, 0.2) is 65.6 Å². The highest BCUT2D eigenvalue weighted by Crippen LogP contribution is 2.45. The lowest BCUT2D eigenvalue weighted by atomic mass is 9.82. The molecule has 2 heterocycles. The number of carbonyl (C=O) groups excluding carboxylic acids is 1. The second-order valence-corrected chi connectivity index (χ2v) is 7.51. The normalized spacial score (nSPS) is 19.6. The van der Waals surface area contributed by atoms with Gasteiger partial charge in [0, 0.05) is 30.5 Å². The number of rotatable bonds is 5. The van der Waals surface area contributed by atoms with E-state index in [1.807, 2.05) is 12.1 Å². The first-order valence-corrected chi connectivity index (χ1v) is 9.79. The molecule has 0 saturated carbocycles. The average molecular weight is 405 g/mol. The molecule has 1 amide bonds. The lowest BCUT2D eigenvalue weighted by Gasteiger charge is -2.27. The largest absolute Gasteiger partial charge is 0.396 e. The van der Waals surface area contributed by atoms with Crippen molar-refractivity contribution in [2.45, 2.75) is 18.9 Å². The highest BCUT2D eigenvalue weighted by molar-refractivity contribution is 6.07. The molecule has 0 radical (unpaired) electrons. The smallest absolute Gasteiger partial charge is 0.279 e. The molecule has 2 atom stereocenters. The number of aliphatic hydroxyl groups excluding tert-OH is 1. The third kappa shape index (κ3) is 2.94. The number of hydrogen-bond donors (Lipinski definition) is 2. The van der Waals surface area contributed by atoms with Crippen molar-refractivity contribution in [2.75, 3.05) is 18.6 Å². The topological polar surface area (TPSA) is 95.7 Å². The minimum atomic E-state index is -1.77. The molecule has 30 heavy (non-hydrogen) atoms. The van der Waals surface area contributed by atoms with Crippen LogP contribution >= 0.6 is 0 Å². The van der Waals surface area contributed by atoms with Crippen molar-refractivity contribution in [2.24, 2.45) is 5.92 Å². The van der Waals surface area contributed by atoms with E-state index in [0.29, 0.717) is 28.7 Å². The van der Waals surface area contributed by atoms with Crippen LogP contribution < -0.4 is 10.5 Å². The average Bonchev–Trinajstić information content (AvgIpc) is 2.96. The molecule has 154 valence electrons. The van der Waals surface area contributed by atoms with Crippen molar-refractivity contribution in [3.63, 3.8) is 0 Å². The fraction of sp³-hybridized carbons (Fsp3) is 0.261. The molecule has 2 N–H and O–H groups in total. The molecule has 1 aromatic heterocycles. The third-order valence-electron chi connectivity index (χ3n) is 5.70. The zero-order valence-corrected chi connectivity index (χ0v) is 16.8. The van der Waals surface area contributed by atoms with Crippen LogP contribution in [0, 0.1) is 5.92 Å². The number of likely N-dealkylation sites (N-methyl/N-ethyl adjacent to an activating group) is 1. The van der Waals surface area contributed by atoms with Crippen molar-refractivity contribution < 1.29 is 15.0 Å². The lowest BCUT2D eigenvalue weighted by molar-refractivity contribution is -0.139. The zero-order valence-electron chi connectivity index (χ0n) is 16.8. The van der Waals surface area contributed by atoms with Gasteiger partial charge >= 0.3 is 0 Å². The molecule has 1 aliphatic heterocycles. The molecule has 1 aliphatic rings. The van der Waals surface area contributed by atoms with Gasteiger partial charge in [0.05, 0.1) is 23.0 Å². The SMILES string of the molecule is C[C@@H](/C=C/CCO)[C@]1(O)C(=O)N(C)c2ccc(-n3ncc4ccccc4c3=O)cc21. The summed E-state index contributed by atoms with van der Waals surface area (Å²) in [5.41, 5.74) is -0.562. The molecule has 0 aliphatic carbocycles. The predicted octanol–water partition coefficient (Wildman–Crippen LogP) is 2.12. The van der Waals surface area contributed by atoms with Crippen molar-refractivity contribution in [1.82, 2.24) is 9.78 Å². The van der Waals surface area contributed by atoms with Crippen LogP contribution in [0.1, 0.15) is 18.9 Å². The van der Waals surface area contributed by atoms with E-state index < -0.39 is 17.4 Å². The van der Waals surface area contributed by atoms with Crippen molar-refractivity contribution in [3.8, 4) is 5.69 Å². The number of anilines is 1. The molecule has 7 heteroatoms. The molecule has 4 rings (SSSR count). The van der Waals surface area contributed by atoms with Crippen molar-refractivity contribution in [3.05, 3.63) is 76.7 Å². The number of aromatic nitrogens is 2. The second-order valence-electron chi connectivity index (χ2n) is 7.51. The summed E-state index contributed by atoms with van der Waals surface area (Å²) in [4.78, 5) is 27.3. The van der Waals surface area contributed by atoms with Crippen molar-refractivity contribution in [1.29, 1.82) is 0 Å². The molecule has 7 nitrogen and oxygen atoms in total. The molecule has 0 spiro atoms. The minimum Gasteiger partial charge on any atom is -0.396 e. The van der Waals surface area contributed by atoms with E-state index in [2.05, 4.69) is 5.10 Å². The summed E-state index contributed by atoms with van der Waals surface area (Å²) >= 11 is 0. The first-order valence-electron chi connectivity index (χ1n) is 9.79. The van der Waals surface area contributed by atoms with Gasteiger partial charge < -0.3 is 15.1 Å². The quantitative estimate of drug-likeness (QED) is 0.634. The van der Waals surface area contributed by atoms with Gasteiger partial charge in [-0.1, -0.05) is 37.3 Å². The van der Waals surface area contributed by atoms with E-state index in [9.17, 15) is 14.7 Å². The van der Waals surface area contributed by atoms with E-state index >= 15 is 0 Å². The Kier molecular flexibility index (Phi) is 5.01. The number of nitrogens with zero attached hydrogens (tertiary/aromatic N) is 3. The summed E-state index contributed by atoms with van der Waals surface area (Å²) in [6.45, 7) is 1.74. The van der Waals surface area contributed by atoms with E-state index in [4.69, 9.17) is 5.11 Å². The Hall–Kier alpha value is -3.29. The summed E-state index contributed by atoms with van der Waals surface area (Å²) in [5.74, 6) is -0.966. The van der Waals surface area contributed by atoms with Gasteiger partial charge in [-0.05, 0) is 30.7 Å². The van der Waals surface area contributed by atoms with Crippen LogP contribution in [-0.4, -0.2) is 39.6 Å². The van der Waals surface area contributed by atoms with Gasteiger partial charge in [-0.2, -0.15) is 9.78 Å². The Morgan fingerprint density at radius 2 is 1.97 bits per heavy atom. The number of amides is 1. The molecule has 0 unspecified atom stereocenters. The first-order chi connectivity index (χ1) is 14.4. The summed E-state index contributed by atoms with van der Waals surface area (Å²) < 4.78 is 1.28. The van der Waals surface area contributed by atoms with E-state index in [-0.39, 0.29) is 12.2 Å². The maximum Gasteiger partial charge on any atom is 0.279 e. The number of benzene rings is 2. The molecule has 3 aromatic rings. The fourth-order valence-corrected chi connectivity index (χ4v) is 3.96. The van der Waals surface area contributed by atoms with Crippen LogP contribution in [0.2, 0.25) is 0 Å². The van der Waals surface area contributed by atoms with Crippen LogP contribution in [0.3, 0.4) is 0 Å². The highest BCUT2D eigenvalue weighted by Gasteiger charge is 2.51. The Bertz CT molecular complexity index is 1220. The van der Waals surface area contributed by atoms with Crippen molar-refractivity contribution >= 4 is 22.4 Å². The van der Waals surface area contributed by atoms with Crippen LogP contribution in [0.5, 0.6) is 0 Å². The maximum absolute atomic E-state index is 13.0. The monoisotopic (exact) mass is 405 g/mol. The summed E-state index contributed by atoms with van der Waals surface area (Å²) in [7, 11) is 1.61. The standard InChI is InChI=1S/C23H23N3O4/c1-15(7-5-6-12-27)23(30)19-13-17(10-11-20(19)25(2)22(23)29)26-21(28)18-9-4-3-8-16(18)14-24-26/h3-5,7-11,13-15,27,30H,6,12H2,1-2H3/b7-5+/t15-,23+/m0/s1. The van der Waals surface area contributed by atoms with Crippen LogP contribution in [0.4, 0.5) is 5.69 Å². The van der Waals surface area contributed by atoms with Gasteiger partial charge in [-0.3, -0.25) is 9.59 Å². The Balaban J connectivity index is 1.85. The zero-order chi connectivity index (χ0) is 21.5. The van der Waals surface area contributed by atoms with Gasteiger partial charge in [0.25, 0.3) is 11.5 Å². The van der Waals surface area contributed by atoms with E-state index in [0.717, 1.165) is 5.39 Å². The van der Waals surface area contributed by atoms with Gasteiger partial charge in [-0.25, -0.2) is 0 Å². The summed E-state index contributed by atoms with van der Waals surface area (Å²) in [6.07, 6.45) is 5.53. The van der Waals surface area contributed by atoms with Crippen LogP contribution in [0.25, 0.3) is 16.5 Å². The number of carbonyl (C=O) groups is 1. The Morgan fingerprint density at radius 3 is 2.73 bits per heavy atom. The minimum absolute atomic E-state index is 0.00716. The predicted molar refractivity (Wildman–Crippen MR) is 115 cm³/mol. The van der Waals surface area contributed by atoms with Gasteiger partial charge in [0.15, 0.2) is 5.60 Å². The molecule has 0 saturated heterocycles. The molecule has 0 bridgehead atoms. The lowest BCUT2D eigenvalue weighted by Crippen LogP contribution is -2.43. The third-order valence-corrected chi connectivity index (χ3v) is 5.70. The summed E-state index contributed by atoms with van der Waals surface area (Å²) in [5, 5.41) is 26.0. The van der Waals surface area contributed by atoms with Gasteiger partial charge in [-0.15, -0.1) is 0 Å². The van der Waals surface area contributed by atoms with E-state index in [1.54, 1.807) is 62.7 Å². The second kappa shape index (κ2) is 7.51. The molecule has 2 aromatic carbocycles. The number of fused-ring (bicyclic) bond motifs is 2. The molecule has 0 fully saturated rings. The molecular weight excluding hydrogens is 382 g/mol. The number of hydrogen-bond acceptors (Lipinski definition) is 5. The summed E-state index contributed by atoms with van der Waals surface area (Å²) in [6, 6.07) is 12.3. The maximum atomic E-state index is 13.0. The Morgan fingerprint density at radius 1 is 1.20 bits per heavy atom. The molecular formula is C23H23N3O4. The van der Waals surface area contributed by atoms with Gasteiger partial charge in [0.1, 0.15) is 0 Å².